The van der Waals surface area contributed by atoms with Gasteiger partial charge in [-0.05, 0) is 24.3 Å². The molecule has 0 fully saturated rings. The van der Waals surface area contributed by atoms with Gasteiger partial charge in [0.15, 0.2) is 17.1 Å². The van der Waals surface area contributed by atoms with Crippen LogP contribution >= 0.6 is 11.8 Å². The third kappa shape index (κ3) is 3.73. The van der Waals surface area contributed by atoms with Crippen LogP contribution in [-0.4, -0.2) is 41.8 Å². The molecule has 30 heavy (non-hydrogen) atoms. The monoisotopic (exact) mass is 429 g/mol. The van der Waals surface area contributed by atoms with Crippen molar-refractivity contribution in [2.45, 2.75) is 11.8 Å². The Kier molecular flexibility index (Phi) is 5.66. The van der Waals surface area contributed by atoms with Crippen LogP contribution in [0.5, 0.6) is 17.2 Å². The molecule has 156 valence electrons. The van der Waals surface area contributed by atoms with Gasteiger partial charge < -0.3 is 23.0 Å². The molecular weight excluding hydrogens is 410 g/mol. The normalized spacial score (nSPS) is 11.0. The largest absolute Gasteiger partial charge is 0.493 e. The van der Waals surface area contributed by atoms with E-state index in [1.807, 2.05) is 18.2 Å². The molecule has 4 rings (SSSR count). The Morgan fingerprint density at radius 1 is 1.00 bits per heavy atom. The molecule has 0 amide bonds. The zero-order valence-corrected chi connectivity index (χ0v) is 17.4. The summed E-state index contributed by atoms with van der Waals surface area (Å²) in [5.74, 6) is 1.95. The van der Waals surface area contributed by atoms with Gasteiger partial charge >= 0.3 is 5.76 Å². The molecule has 2 aromatic heterocycles. The smallest absolute Gasteiger partial charge is 0.419 e. The van der Waals surface area contributed by atoms with E-state index < -0.39 is 0 Å². The van der Waals surface area contributed by atoms with E-state index >= 15 is 0 Å². The van der Waals surface area contributed by atoms with E-state index in [0.717, 1.165) is 5.52 Å². The van der Waals surface area contributed by atoms with Crippen LogP contribution in [0.15, 0.2) is 55.2 Å². The SMILES string of the molecule is COc1cc(-c2nnc(SCCn3c(=O)oc4ccccc43)o2)cc(OC)c1OC. The number of para-hydroxylation sites is 2. The van der Waals surface area contributed by atoms with Crippen molar-refractivity contribution in [2.24, 2.45) is 0 Å². The fourth-order valence-corrected chi connectivity index (χ4v) is 3.72. The van der Waals surface area contributed by atoms with Gasteiger partial charge in [0, 0.05) is 17.9 Å². The van der Waals surface area contributed by atoms with Crippen molar-refractivity contribution in [1.29, 1.82) is 0 Å². The number of rotatable bonds is 8. The lowest BCUT2D eigenvalue weighted by Gasteiger charge is -2.12. The molecule has 0 N–H and O–H groups in total. The molecule has 0 saturated heterocycles. The number of ether oxygens (including phenoxy) is 3. The van der Waals surface area contributed by atoms with Crippen LogP contribution in [-0.2, 0) is 6.54 Å². The van der Waals surface area contributed by atoms with Gasteiger partial charge in [-0.15, -0.1) is 10.2 Å². The number of aromatic nitrogens is 3. The first kappa shape index (κ1) is 19.9. The number of thioether (sulfide) groups is 1. The predicted molar refractivity (Wildman–Crippen MR) is 111 cm³/mol. The Morgan fingerprint density at radius 2 is 1.73 bits per heavy atom. The highest BCUT2D eigenvalue weighted by Gasteiger charge is 2.18. The second kappa shape index (κ2) is 8.54. The van der Waals surface area contributed by atoms with Gasteiger partial charge in [0.2, 0.25) is 11.6 Å². The Bertz CT molecular complexity index is 1200. The molecule has 10 heteroatoms. The molecule has 0 unspecified atom stereocenters. The summed E-state index contributed by atoms with van der Waals surface area (Å²) in [6, 6.07) is 10.8. The number of nitrogens with zero attached hydrogens (tertiary/aromatic N) is 3. The number of oxazole rings is 1. The minimum absolute atomic E-state index is 0.322. The van der Waals surface area contributed by atoms with Crippen LogP contribution in [0.2, 0.25) is 0 Å². The zero-order chi connectivity index (χ0) is 21.1. The standard InChI is InChI=1S/C20H19N3O6S/c1-25-15-10-12(11-16(26-2)17(15)27-3)18-21-22-19(29-18)30-9-8-23-13-6-4-5-7-14(13)28-20(23)24/h4-7,10-11H,8-9H2,1-3H3. The molecule has 0 bridgehead atoms. The number of fused-ring (bicyclic) bond motifs is 1. The summed E-state index contributed by atoms with van der Waals surface area (Å²) in [6.45, 7) is 0.447. The number of methoxy groups -OCH3 is 3. The molecule has 0 saturated carbocycles. The van der Waals surface area contributed by atoms with Crippen molar-refractivity contribution in [3.05, 3.63) is 46.9 Å². The van der Waals surface area contributed by atoms with Gasteiger partial charge in [-0.3, -0.25) is 4.57 Å². The van der Waals surface area contributed by atoms with Gasteiger partial charge in [0.1, 0.15) is 0 Å². The van der Waals surface area contributed by atoms with E-state index in [4.69, 9.17) is 23.0 Å². The molecule has 0 aliphatic carbocycles. The van der Waals surface area contributed by atoms with E-state index in [1.165, 1.54) is 33.1 Å². The van der Waals surface area contributed by atoms with Gasteiger partial charge in [0.25, 0.3) is 5.22 Å². The summed E-state index contributed by atoms with van der Waals surface area (Å²) >= 11 is 1.35. The Balaban J connectivity index is 1.49. The summed E-state index contributed by atoms with van der Waals surface area (Å²) in [4.78, 5) is 12.0. The highest BCUT2D eigenvalue weighted by Crippen LogP contribution is 2.41. The van der Waals surface area contributed by atoms with Gasteiger partial charge in [-0.25, -0.2) is 4.79 Å². The second-order valence-corrected chi connectivity index (χ2v) is 7.17. The van der Waals surface area contributed by atoms with Gasteiger partial charge in [0.05, 0.1) is 26.8 Å². The summed E-state index contributed by atoms with van der Waals surface area (Å²) in [6.07, 6.45) is 0. The summed E-state index contributed by atoms with van der Waals surface area (Å²) in [5.41, 5.74) is 1.96. The first-order chi connectivity index (χ1) is 14.6. The third-order valence-electron chi connectivity index (χ3n) is 4.43. The minimum Gasteiger partial charge on any atom is -0.493 e. The quantitative estimate of drug-likeness (QED) is 0.390. The Morgan fingerprint density at radius 3 is 2.43 bits per heavy atom. The Labute approximate surface area is 175 Å². The lowest BCUT2D eigenvalue weighted by molar-refractivity contribution is 0.324. The highest BCUT2D eigenvalue weighted by molar-refractivity contribution is 7.99. The van der Waals surface area contributed by atoms with Gasteiger partial charge in [-0.2, -0.15) is 0 Å². The van der Waals surface area contributed by atoms with Crippen LogP contribution in [0.3, 0.4) is 0 Å². The fraction of sp³-hybridized carbons (Fsp3) is 0.250. The lowest BCUT2D eigenvalue weighted by Crippen LogP contribution is -2.15. The molecule has 0 aliphatic heterocycles. The molecular formula is C20H19N3O6S. The van der Waals surface area contributed by atoms with Crippen molar-refractivity contribution in [3.63, 3.8) is 0 Å². The van der Waals surface area contributed by atoms with Crippen molar-refractivity contribution in [2.75, 3.05) is 27.1 Å². The van der Waals surface area contributed by atoms with Crippen molar-refractivity contribution < 1.29 is 23.0 Å². The topological polar surface area (TPSA) is 102 Å². The average Bonchev–Trinajstić information content (AvgIpc) is 3.37. The number of hydrogen-bond donors (Lipinski definition) is 0. The van der Waals surface area contributed by atoms with E-state index in [2.05, 4.69) is 10.2 Å². The zero-order valence-electron chi connectivity index (χ0n) is 16.6. The van der Waals surface area contributed by atoms with Crippen molar-refractivity contribution in [3.8, 4) is 28.7 Å². The maximum absolute atomic E-state index is 12.0. The first-order valence-corrected chi connectivity index (χ1v) is 9.98. The highest BCUT2D eigenvalue weighted by atomic mass is 32.2. The first-order valence-electron chi connectivity index (χ1n) is 8.99. The number of aryl methyl sites for hydroxylation is 1. The van der Waals surface area contributed by atoms with E-state index in [1.54, 1.807) is 22.8 Å². The number of hydrogen-bond acceptors (Lipinski definition) is 9. The second-order valence-electron chi connectivity index (χ2n) is 6.12. The summed E-state index contributed by atoms with van der Waals surface area (Å²) in [7, 11) is 4.62. The molecule has 4 aromatic rings. The summed E-state index contributed by atoms with van der Waals surface area (Å²) < 4.78 is 28.6. The van der Waals surface area contributed by atoms with Crippen LogP contribution in [0.1, 0.15) is 0 Å². The maximum atomic E-state index is 12.0. The van der Waals surface area contributed by atoms with Crippen LogP contribution < -0.4 is 20.0 Å². The van der Waals surface area contributed by atoms with Crippen molar-refractivity contribution in [1.82, 2.24) is 14.8 Å². The molecule has 0 radical (unpaired) electrons. The number of benzene rings is 2. The molecule has 0 spiro atoms. The van der Waals surface area contributed by atoms with E-state index in [-0.39, 0.29) is 5.76 Å². The summed E-state index contributed by atoms with van der Waals surface area (Å²) in [5, 5.41) is 8.56. The molecule has 2 heterocycles. The maximum Gasteiger partial charge on any atom is 0.419 e. The van der Waals surface area contributed by atoms with E-state index in [9.17, 15) is 4.79 Å². The van der Waals surface area contributed by atoms with Crippen molar-refractivity contribution >= 4 is 22.9 Å². The predicted octanol–water partition coefficient (Wildman–Crippen LogP) is 3.46. The lowest BCUT2D eigenvalue weighted by atomic mass is 10.2. The van der Waals surface area contributed by atoms with Crippen LogP contribution in [0, 0.1) is 0 Å². The molecule has 2 aromatic carbocycles. The molecule has 0 aliphatic rings. The Hall–Kier alpha value is -3.40. The molecule has 9 nitrogen and oxygen atoms in total. The van der Waals surface area contributed by atoms with Gasteiger partial charge in [-0.1, -0.05) is 23.9 Å². The van der Waals surface area contributed by atoms with Crippen LogP contribution in [0.25, 0.3) is 22.6 Å². The average molecular weight is 429 g/mol. The third-order valence-corrected chi connectivity index (χ3v) is 5.23. The van der Waals surface area contributed by atoms with E-state index in [0.29, 0.717) is 51.8 Å². The fourth-order valence-electron chi connectivity index (χ4n) is 3.04. The van der Waals surface area contributed by atoms with Crippen LogP contribution in [0.4, 0.5) is 0 Å². The minimum atomic E-state index is -0.388. The molecule has 0 atom stereocenters.